The molecule has 1 aromatic carbocycles. The molecule has 4 nitrogen and oxygen atoms in total. The summed E-state index contributed by atoms with van der Waals surface area (Å²) in [4.78, 5) is 16.7. The highest BCUT2D eigenvalue weighted by Gasteiger charge is 2.16. The Labute approximate surface area is 138 Å². The number of hydrogen-bond acceptors (Lipinski definition) is 3. The molecule has 0 spiro atoms. The van der Waals surface area contributed by atoms with Crippen molar-refractivity contribution < 1.29 is 4.79 Å². The number of carbonyl (C=O) groups is 1. The first-order chi connectivity index (χ1) is 10.7. The van der Waals surface area contributed by atoms with E-state index < -0.39 is 0 Å². The number of para-hydroxylation sites is 1. The second kappa shape index (κ2) is 6.38. The summed E-state index contributed by atoms with van der Waals surface area (Å²) in [6.45, 7) is 0. The van der Waals surface area contributed by atoms with Crippen LogP contribution < -0.4 is 5.32 Å². The standard InChI is InChI=1S/C16H13Cl2N3O/c17-12-7-4-8-13(18)14(12)20-16-19-9-10-21(16)15(22)11-5-2-1-3-6-11/h2,4-10H,1,3H2,(H,19,20). The molecule has 0 amide bonds. The number of benzene rings is 1. The Morgan fingerprint density at radius 1 is 1.23 bits per heavy atom. The fourth-order valence-electron chi connectivity index (χ4n) is 2.20. The molecule has 0 saturated heterocycles. The first-order valence-electron chi connectivity index (χ1n) is 6.82. The van der Waals surface area contributed by atoms with Crippen LogP contribution in [0.2, 0.25) is 10.0 Å². The summed E-state index contributed by atoms with van der Waals surface area (Å²) >= 11 is 12.3. The average molecular weight is 334 g/mol. The van der Waals surface area contributed by atoms with Crippen LogP contribution in [0, 0.1) is 0 Å². The molecule has 112 valence electrons. The Kier molecular flexibility index (Phi) is 4.32. The highest BCUT2D eigenvalue weighted by Crippen LogP contribution is 2.32. The lowest BCUT2D eigenvalue weighted by Gasteiger charge is -2.12. The van der Waals surface area contributed by atoms with Crippen molar-refractivity contribution in [1.29, 1.82) is 0 Å². The molecule has 1 aliphatic carbocycles. The van der Waals surface area contributed by atoms with E-state index in [1.165, 1.54) is 4.57 Å². The van der Waals surface area contributed by atoms with Crippen LogP contribution in [0.1, 0.15) is 17.6 Å². The quantitative estimate of drug-likeness (QED) is 0.873. The molecule has 1 heterocycles. The molecule has 0 unspecified atom stereocenters. The van der Waals surface area contributed by atoms with Crippen molar-refractivity contribution in [3.8, 4) is 0 Å². The molecule has 0 bridgehead atoms. The number of halogens is 2. The van der Waals surface area contributed by atoms with Gasteiger partial charge in [0.2, 0.25) is 5.95 Å². The van der Waals surface area contributed by atoms with Gasteiger partial charge in [0, 0.05) is 18.0 Å². The molecule has 3 rings (SSSR count). The molecule has 0 saturated carbocycles. The van der Waals surface area contributed by atoms with Crippen molar-refractivity contribution in [2.45, 2.75) is 12.8 Å². The maximum Gasteiger partial charge on any atom is 0.264 e. The van der Waals surface area contributed by atoms with Crippen LogP contribution in [0.15, 0.2) is 54.4 Å². The van der Waals surface area contributed by atoms with Crippen molar-refractivity contribution in [3.63, 3.8) is 0 Å². The number of nitrogens with one attached hydrogen (secondary N) is 1. The molecule has 6 heteroatoms. The molecule has 1 aliphatic rings. The van der Waals surface area contributed by atoms with Gasteiger partial charge in [0.1, 0.15) is 0 Å². The van der Waals surface area contributed by atoms with E-state index in [0.29, 0.717) is 27.3 Å². The predicted octanol–water partition coefficient (Wildman–Crippen LogP) is 4.85. The number of anilines is 2. The zero-order valence-corrected chi connectivity index (χ0v) is 13.1. The van der Waals surface area contributed by atoms with Gasteiger partial charge in [0.15, 0.2) is 0 Å². The van der Waals surface area contributed by atoms with Gasteiger partial charge in [-0.3, -0.25) is 9.36 Å². The van der Waals surface area contributed by atoms with Crippen molar-refractivity contribution in [1.82, 2.24) is 9.55 Å². The molecule has 0 radical (unpaired) electrons. The first kappa shape index (κ1) is 14.9. The third kappa shape index (κ3) is 2.93. The summed E-state index contributed by atoms with van der Waals surface area (Å²) in [6, 6.07) is 5.19. The molecular weight excluding hydrogens is 321 g/mol. The molecule has 1 N–H and O–H groups in total. The summed E-state index contributed by atoms with van der Waals surface area (Å²) in [5, 5.41) is 3.95. The van der Waals surface area contributed by atoms with Crippen molar-refractivity contribution >= 4 is 40.7 Å². The number of hydrogen-bond donors (Lipinski definition) is 1. The van der Waals surface area contributed by atoms with Gasteiger partial charge in [0.05, 0.1) is 15.7 Å². The summed E-state index contributed by atoms with van der Waals surface area (Å²) in [5.74, 6) is 0.235. The third-order valence-corrected chi connectivity index (χ3v) is 3.93. The van der Waals surface area contributed by atoms with E-state index in [9.17, 15) is 4.79 Å². The van der Waals surface area contributed by atoms with Crippen LogP contribution in [0.3, 0.4) is 0 Å². The van der Waals surface area contributed by atoms with Gasteiger partial charge < -0.3 is 5.32 Å². The summed E-state index contributed by atoms with van der Waals surface area (Å²) < 4.78 is 1.45. The summed E-state index contributed by atoms with van der Waals surface area (Å²) in [5.41, 5.74) is 1.18. The van der Waals surface area contributed by atoms with Crippen molar-refractivity contribution in [2.24, 2.45) is 0 Å². The van der Waals surface area contributed by atoms with E-state index >= 15 is 0 Å². The highest BCUT2D eigenvalue weighted by atomic mass is 35.5. The lowest BCUT2D eigenvalue weighted by molar-refractivity contribution is 0.0961. The average Bonchev–Trinajstić information content (AvgIpc) is 2.99. The van der Waals surface area contributed by atoms with Crippen molar-refractivity contribution in [2.75, 3.05) is 5.32 Å². The molecule has 0 aliphatic heterocycles. The predicted molar refractivity (Wildman–Crippen MR) is 89.1 cm³/mol. The maximum atomic E-state index is 12.5. The Morgan fingerprint density at radius 2 is 2.00 bits per heavy atom. The third-order valence-electron chi connectivity index (χ3n) is 3.30. The van der Waals surface area contributed by atoms with Crippen LogP contribution in [0.4, 0.5) is 11.6 Å². The Hall–Kier alpha value is -2.04. The first-order valence-corrected chi connectivity index (χ1v) is 7.58. The molecule has 0 atom stereocenters. The van der Waals surface area contributed by atoms with Gasteiger partial charge in [-0.05, 0) is 25.0 Å². The molecule has 22 heavy (non-hydrogen) atoms. The zero-order chi connectivity index (χ0) is 15.5. The lowest BCUT2D eigenvalue weighted by atomic mass is 10.1. The van der Waals surface area contributed by atoms with Crippen LogP contribution in [-0.4, -0.2) is 15.5 Å². The van der Waals surface area contributed by atoms with Crippen LogP contribution in [0.5, 0.6) is 0 Å². The number of imidazole rings is 1. The van der Waals surface area contributed by atoms with E-state index in [4.69, 9.17) is 23.2 Å². The number of carbonyl (C=O) groups excluding carboxylic acids is 1. The van der Waals surface area contributed by atoms with Gasteiger partial charge in [-0.2, -0.15) is 0 Å². The largest absolute Gasteiger partial charge is 0.323 e. The second-order valence-electron chi connectivity index (χ2n) is 4.79. The maximum absolute atomic E-state index is 12.5. The van der Waals surface area contributed by atoms with Crippen molar-refractivity contribution in [3.05, 3.63) is 64.4 Å². The molecular formula is C16H13Cl2N3O. The van der Waals surface area contributed by atoms with Gasteiger partial charge in [-0.1, -0.05) is 47.5 Å². The number of rotatable bonds is 3. The smallest absolute Gasteiger partial charge is 0.264 e. The van der Waals surface area contributed by atoms with E-state index in [2.05, 4.69) is 10.3 Å². The fourth-order valence-corrected chi connectivity index (χ4v) is 2.69. The van der Waals surface area contributed by atoms with E-state index in [1.807, 2.05) is 18.2 Å². The zero-order valence-electron chi connectivity index (χ0n) is 11.6. The van der Waals surface area contributed by atoms with Gasteiger partial charge >= 0.3 is 0 Å². The fraction of sp³-hybridized carbons (Fsp3) is 0.125. The lowest BCUT2D eigenvalue weighted by Crippen LogP contribution is -2.15. The SMILES string of the molecule is O=C(C1=CCCC=C1)n1ccnc1Nc1c(Cl)cccc1Cl. The number of nitrogens with zero attached hydrogens (tertiary/aromatic N) is 2. The Balaban J connectivity index is 1.91. The summed E-state index contributed by atoms with van der Waals surface area (Å²) in [6.07, 6.45) is 10.7. The molecule has 0 fully saturated rings. The minimum atomic E-state index is -0.140. The van der Waals surface area contributed by atoms with Gasteiger partial charge in [-0.25, -0.2) is 4.98 Å². The van der Waals surface area contributed by atoms with E-state index in [0.717, 1.165) is 12.8 Å². The topological polar surface area (TPSA) is 46.9 Å². The van der Waals surface area contributed by atoms with Crippen LogP contribution >= 0.6 is 23.2 Å². The molecule has 2 aromatic rings. The second-order valence-corrected chi connectivity index (χ2v) is 5.60. The minimum Gasteiger partial charge on any atom is -0.323 e. The normalized spacial score (nSPS) is 13.8. The van der Waals surface area contributed by atoms with Crippen LogP contribution in [0.25, 0.3) is 0 Å². The minimum absolute atomic E-state index is 0.140. The Morgan fingerprint density at radius 3 is 2.68 bits per heavy atom. The van der Waals surface area contributed by atoms with Crippen LogP contribution in [-0.2, 0) is 0 Å². The molecule has 1 aromatic heterocycles. The number of aromatic nitrogens is 2. The Bertz CT molecular complexity index is 757. The van der Waals surface area contributed by atoms with Gasteiger partial charge in [0.25, 0.3) is 5.91 Å². The highest BCUT2D eigenvalue weighted by molar-refractivity contribution is 6.39. The van der Waals surface area contributed by atoms with E-state index in [1.54, 1.807) is 30.6 Å². The summed E-state index contributed by atoms with van der Waals surface area (Å²) in [7, 11) is 0. The number of allylic oxidation sites excluding steroid dienone is 4. The van der Waals surface area contributed by atoms with Gasteiger partial charge in [-0.15, -0.1) is 0 Å². The monoisotopic (exact) mass is 333 g/mol. The van der Waals surface area contributed by atoms with E-state index in [-0.39, 0.29) is 5.91 Å².